The van der Waals surface area contributed by atoms with E-state index < -0.39 is 46.5 Å². The number of carbonyl (C=O) groups is 1. The van der Waals surface area contributed by atoms with Crippen molar-refractivity contribution in [3.8, 4) is 12.3 Å². The fraction of sp³-hybridized carbons (Fsp3) is 0.278. The molecule has 0 aliphatic rings. The van der Waals surface area contributed by atoms with Crippen LogP contribution in [0.25, 0.3) is 0 Å². The van der Waals surface area contributed by atoms with E-state index in [4.69, 9.17) is 15.9 Å². The summed E-state index contributed by atoms with van der Waals surface area (Å²) >= 11 is 1.59. The van der Waals surface area contributed by atoms with Crippen molar-refractivity contribution < 1.29 is 23.0 Å². The number of nitrogens with one attached hydrogen (secondary N) is 1. The highest BCUT2D eigenvalue weighted by atomic mass is 127. The molecule has 28 heavy (non-hydrogen) atoms. The smallest absolute Gasteiger partial charge is 0.339 e. The van der Waals surface area contributed by atoms with Gasteiger partial charge in [-0.3, -0.25) is 14.3 Å². The first-order chi connectivity index (χ1) is 13.3. The van der Waals surface area contributed by atoms with Crippen LogP contribution in [0.2, 0.25) is 0 Å². The maximum absolute atomic E-state index is 15.4. The molecule has 0 fully saturated rings. The third kappa shape index (κ3) is 5.05. The second-order valence-electron chi connectivity index (χ2n) is 5.48. The second kappa shape index (κ2) is 9.61. The van der Waals surface area contributed by atoms with Crippen LogP contribution in [0.5, 0.6) is 0 Å². The van der Waals surface area contributed by atoms with Crippen molar-refractivity contribution in [2.24, 2.45) is 0 Å². The number of aromatic amines is 1. The zero-order chi connectivity index (χ0) is 20.7. The number of halogens is 3. The number of alkyl halides is 3. The minimum Gasteiger partial charge on any atom is -0.439 e. The van der Waals surface area contributed by atoms with E-state index in [1.807, 2.05) is 10.9 Å². The Labute approximate surface area is 171 Å². The van der Waals surface area contributed by atoms with Crippen molar-refractivity contribution in [1.82, 2.24) is 9.55 Å². The van der Waals surface area contributed by atoms with Crippen molar-refractivity contribution >= 4 is 28.6 Å². The number of H-pyrrole nitrogens is 1. The van der Waals surface area contributed by atoms with Gasteiger partial charge in [0.25, 0.3) is 11.4 Å². The first-order valence-electron chi connectivity index (χ1n) is 7.87. The number of ether oxygens (including phenoxy) is 2. The molecule has 0 saturated heterocycles. The van der Waals surface area contributed by atoms with Crippen LogP contribution in [0.15, 0.2) is 52.2 Å². The molecule has 0 spiro atoms. The summed E-state index contributed by atoms with van der Waals surface area (Å²) in [5.74, 6) is -1.71. The molecular weight excluding hydrogens is 489 g/mol. The Bertz CT molecular complexity index is 972. The van der Waals surface area contributed by atoms with E-state index in [9.17, 15) is 18.8 Å². The van der Waals surface area contributed by atoms with E-state index in [1.165, 1.54) is 12.1 Å². The fourth-order valence-electron chi connectivity index (χ4n) is 2.20. The number of carbonyl (C=O) groups excluding carboxylic acids is 1. The molecule has 0 radical (unpaired) electrons. The predicted octanol–water partition coefficient (Wildman–Crippen LogP) is 1.98. The maximum atomic E-state index is 15.4. The van der Waals surface area contributed by atoms with Gasteiger partial charge in [-0.25, -0.2) is 18.4 Å². The zero-order valence-electron chi connectivity index (χ0n) is 14.3. The second-order valence-corrected chi connectivity index (χ2v) is 6.24. The van der Waals surface area contributed by atoms with Gasteiger partial charge in [0.15, 0.2) is 6.23 Å². The van der Waals surface area contributed by atoms with E-state index >= 15 is 4.39 Å². The number of hydrogen-bond donors (Lipinski definition) is 1. The minimum atomic E-state index is -2.80. The lowest BCUT2D eigenvalue weighted by molar-refractivity contribution is -0.225. The van der Waals surface area contributed by atoms with Crippen LogP contribution in [0.4, 0.5) is 8.78 Å². The third-order valence-electron chi connectivity index (χ3n) is 3.58. The van der Waals surface area contributed by atoms with Crippen LogP contribution in [0, 0.1) is 12.3 Å². The van der Waals surface area contributed by atoms with Gasteiger partial charge in [-0.2, -0.15) is 0 Å². The molecule has 1 aromatic heterocycles. The van der Waals surface area contributed by atoms with Crippen molar-refractivity contribution in [3.63, 3.8) is 0 Å². The molecule has 1 heterocycles. The van der Waals surface area contributed by atoms with Gasteiger partial charge in [0.1, 0.15) is 6.67 Å². The van der Waals surface area contributed by atoms with Crippen LogP contribution >= 0.6 is 22.6 Å². The SMILES string of the molecule is C#C[C@H](OC(=O)c1ccccc1)[C@@](F)(CI)O[C@H](CF)n1ccc(=O)[nH]c1=O. The van der Waals surface area contributed by atoms with Crippen molar-refractivity contribution in [2.75, 3.05) is 11.1 Å². The molecule has 1 aromatic carbocycles. The number of rotatable bonds is 8. The maximum Gasteiger partial charge on any atom is 0.339 e. The number of nitrogens with zero attached hydrogens (tertiary/aromatic N) is 1. The molecule has 0 bridgehead atoms. The molecule has 7 nitrogen and oxygen atoms in total. The van der Waals surface area contributed by atoms with Gasteiger partial charge >= 0.3 is 11.7 Å². The third-order valence-corrected chi connectivity index (χ3v) is 4.62. The lowest BCUT2D eigenvalue weighted by Crippen LogP contribution is -2.47. The summed E-state index contributed by atoms with van der Waals surface area (Å²) in [4.78, 5) is 37.1. The monoisotopic (exact) mass is 504 g/mol. The molecule has 1 N–H and O–H groups in total. The average Bonchev–Trinajstić information content (AvgIpc) is 2.71. The topological polar surface area (TPSA) is 90.4 Å². The minimum absolute atomic E-state index is 0.137. The quantitative estimate of drug-likeness (QED) is 0.257. The van der Waals surface area contributed by atoms with Gasteiger partial charge in [-0.1, -0.05) is 46.7 Å². The molecular formula is C18H15F2IN2O5. The largest absolute Gasteiger partial charge is 0.439 e. The Morgan fingerprint density at radius 3 is 2.54 bits per heavy atom. The van der Waals surface area contributed by atoms with Crippen molar-refractivity contribution in [1.29, 1.82) is 0 Å². The van der Waals surface area contributed by atoms with E-state index in [0.717, 1.165) is 12.3 Å². The van der Waals surface area contributed by atoms with E-state index in [2.05, 4.69) is 0 Å². The summed E-state index contributed by atoms with van der Waals surface area (Å²) in [6.07, 6.45) is 2.71. The summed E-state index contributed by atoms with van der Waals surface area (Å²) < 4.78 is 39.2. The predicted molar refractivity (Wildman–Crippen MR) is 105 cm³/mol. The van der Waals surface area contributed by atoms with Crippen LogP contribution in [-0.2, 0) is 9.47 Å². The van der Waals surface area contributed by atoms with Crippen LogP contribution in [0.1, 0.15) is 16.6 Å². The fourth-order valence-corrected chi connectivity index (χ4v) is 2.78. The molecule has 148 valence electrons. The number of benzene rings is 1. The van der Waals surface area contributed by atoms with Crippen LogP contribution in [0.3, 0.4) is 0 Å². The lowest BCUT2D eigenvalue weighted by Gasteiger charge is -2.32. The highest BCUT2D eigenvalue weighted by Gasteiger charge is 2.44. The summed E-state index contributed by atoms with van der Waals surface area (Å²) in [5, 5.41) is 0. The molecule has 0 amide bonds. The molecule has 0 aliphatic heterocycles. The molecule has 10 heteroatoms. The van der Waals surface area contributed by atoms with Gasteiger partial charge in [0.05, 0.1) is 9.99 Å². The Morgan fingerprint density at radius 2 is 2.00 bits per heavy atom. The van der Waals surface area contributed by atoms with E-state index in [1.54, 1.807) is 40.8 Å². The molecule has 2 rings (SSSR count). The molecule has 0 saturated carbocycles. The molecule has 3 atom stereocenters. The number of aromatic nitrogens is 2. The van der Waals surface area contributed by atoms with E-state index in [-0.39, 0.29) is 5.56 Å². The molecule has 0 aliphatic carbocycles. The number of hydrogen-bond acceptors (Lipinski definition) is 5. The van der Waals surface area contributed by atoms with Gasteiger partial charge in [0, 0.05) is 12.3 Å². The summed E-state index contributed by atoms with van der Waals surface area (Å²) in [5.41, 5.74) is -1.57. The van der Waals surface area contributed by atoms with Crippen LogP contribution < -0.4 is 11.2 Å². The highest BCUT2D eigenvalue weighted by molar-refractivity contribution is 14.1. The Kier molecular flexibility index (Phi) is 7.47. The molecule has 0 unspecified atom stereocenters. The normalized spacial score (nSPS) is 15.1. The zero-order valence-corrected chi connectivity index (χ0v) is 16.5. The first-order valence-corrected chi connectivity index (χ1v) is 9.39. The number of terminal acetylenes is 1. The average molecular weight is 504 g/mol. The van der Waals surface area contributed by atoms with Crippen LogP contribution in [-0.4, -0.2) is 38.6 Å². The highest BCUT2D eigenvalue weighted by Crippen LogP contribution is 2.29. The summed E-state index contributed by atoms with van der Waals surface area (Å²) in [7, 11) is 0. The first kappa shape index (κ1) is 21.8. The van der Waals surface area contributed by atoms with E-state index in [0.29, 0.717) is 4.57 Å². The standard InChI is InChI=1S/C18H15F2IN2O5/c1-2-13(27-16(25)12-6-4-3-5-7-12)18(20,11-21)28-15(10-19)23-9-8-14(24)22-17(23)26/h1,3-9,13,15H,10-11H2,(H,22,24,26)/t13-,15+,18+/m0/s1. The Hall–Kier alpha value is -2.52. The van der Waals surface area contributed by atoms with Gasteiger partial charge in [0.2, 0.25) is 6.10 Å². The Morgan fingerprint density at radius 1 is 1.32 bits per heavy atom. The lowest BCUT2D eigenvalue weighted by atomic mass is 10.2. The Balaban J connectivity index is 2.27. The van der Waals surface area contributed by atoms with Crippen molar-refractivity contribution in [2.45, 2.75) is 18.2 Å². The molecule has 2 aromatic rings. The summed E-state index contributed by atoms with van der Waals surface area (Å²) in [6.45, 7) is -1.31. The van der Waals surface area contributed by atoms with Gasteiger partial charge in [-0.05, 0) is 12.1 Å². The number of esters is 1. The van der Waals surface area contributed by atoms with Gasteiger partial charge < -0.3 is 9.47 Å². The van der Waals surface area contributed by atoms with Crippen molar-refractivity contribution in [3.05, 3.63) is 69.0 Å². The summed E-state index contributed by atoms with van der Waals surface area (Å²) in [6, 6.07) is 8.69. The van der Waals surface area contributed by atoms with Gasteiger partial charge in [-0.15, -0.1) is 6.42 Å².